The molecule has 1 aromatic carbocycles. The van der Waals surface area contributed by atoms with Gasteiger partial charge in [-0.1, -0.05) is 30.3 Å². The number of aliphatic hydroxyl groups excluding tert-OH is 1. The summed E-state index contributed by atoms with van der Waals surface area (Å²) in [7, 11) is -4.20. The van der Waals surface area contributed by atoms with E-state index in [2.05, 4.69) is 9.71 Å². The number of benzene rings is 1. The van der Waals surface area contributed by atoms with Crippen molar-refractivity contribution in [2.45, 2.75) is 17.5 Å². The molecular weight excluding hydrogens is 295 g/mol. The summed E-state index contributed by atoms with van der Waals surface area (Å²) in [5.41, 5.74) is -0.711. The van der Waals surface area contributed by atoms with E-state index >= 15 is 0 Å². The molecule has 1 atom stereocenters. The first-order valence-electron chi connectivity index (χ1n) is 6.20. The lowest BCUT2D eigenvalue weighted by Gasteiger charge is -2.28. The fourth-order valence-corrected chi connectivity index (χ4v) is 3.30. The lowest BCUT2D eigenvalue weighted by atomic mass is 9.94. The number of pyridine rings is 1. The number of nitrogens with one attached hydrogen (secondary N) is 1. The molecule has 1 aromatic heterocycles. The van der Waals surface area contributed by atoms with Crippen LogP contribution in [0.1, 0.15) is 12.5 Å². The van der Waals surface area contributed by atoms with Crippen LogP contribution < -0.4 is 4.72 Å². The number of hydrogen-bond donors (Lipinski definition) is 2. The summed E-state index contributed by atoms with van der Waals surface area (Å²) >= 11 is 0. The van der Waals surface area contributed by atoms with Crippen molar-refractivity contribution in [1.82, 2.24) is 9.71 Å². The average molecular weight is 310 g/mol. The highest BCUT2D eigenvalue weighted by molar-refractivity contribution is 7.89. The molecule has 0 spiro atoms. The minimum Gasteiger partial charge on any atom is -0.394 e. The van der Waals surface area contributed by atoms with Crippen LogP contribution >= 0.6 is 0 Å². The van der Waals surface area contributed by atoms with Gasteiger partial charge in [-0.15, -0.1) is 0 Å². The summed E-state index contributed by atoms with van der Waals surface area (Å²) in [5.74, 6) is -0.946. The van der Waals surface area contributed by atoms with Crippen molar-refractivity contribution in [3.05, 3.63) is 60.0 Å². The third-order valence-corrected chi connectivity index (χ3v) is 4.59. The molecule has 0 bridgehead atoms. The number of aliphatic hydroxyl groups is 1. The molecule has 2 rings (SSSR count). The Labute approximate surface area is 122 Å². The van der Waals surface area contributed by atoms with Crippen LogP contribution in [0, 0.1) is 5.82 Å². The minimum atomic E-state index is -4.20. The first kappa shape index (κ1) is 15.6. The van der Waals surface area contributed by atoms with Gasteiger partial charge < -0.3 is 5.11 Å². The van der Waals surface area contributed by atoms with E-state index < -0.39 is 33.0 Å². The number of halogens is 1. The van der Waals surface area contributed by atoms with Gasteiger partial charge in [0.15, 0.2) is 5.82 Å². The van der Waals surface area contributed by atoms with Crippen molar-refractivity contribution in [3.8, 4) is 0 Å². The van der Waals surface area contributed by atoms with E-state index in [-0.39, 0.29) is 0 Å². The molecule has 0 aliphatic heterocycles. The van der Waals surface area contributed by atoms with Crippen molar-refractivity contribution < 1.29 is 17.9 Å². The molecule has 0 fully saturated rings. The summed E-state index contributed by atoms with van der Waals surface area (Å²) in [6.45, 7) is 1.03. The maximum absolute atomic E-state index is 13.6. The minimum absolute atomic E-state index is 0.481. The Hall–Kier alpha value is -1.83. The predicted molar refractivity (Wildman–Crippen MR) is 75.4 cm³/mol. The van der Waals surface area contributed by atoms with Crippen LogP contribution in [0.4, 0.5) is 4.39 Å². The number of sulfonamides is 1. The quantitative estimate of drug-likeness (QED) is 0.875. The third kappa shape index (κ3) is 3.26. The van der Waals surface area contributed by atoms with E-state index in [0.717, 1.165) is 6.07 Å². The van der Waals surface area contributed by atoms with Crippen molar-refractivity contribution in [2.75, 3.05) is 6.61 Å². The highest BCUT2D eigenvalue weighted by Gasteiger charge is 2.33. The molecule has 0 saturated heterocycles. The second-order valence-electron chi connectivity index (χ2n) is 4.75. The molecule has 0 saturated carbocycles. The lowest BCUT2D eigenvalue weighted by Crippen LogP contribution is -2.46. The van der Waals surface area contributed by atoms with E-state index in [4.69, 9.17) is 0 Å². The third-order valence-electron chi connectivity index (χ3n) is 3.07. The maximum Gasteiger partial charge on any atom is 0.261 e. The van der Waals surface area contributed by atoms with Crippen LogP contribution in [0.3, 0.4) is 0 Å². The Morgan fingerprint density at radius 2 is 1.90 bits per heavy atom. The van der Waals surface area contributed by atoms with Gasteiger partial charge in [0, 0.05) is 6.20 Å². The largest absolute Gasteiger partial charge is 0.394 e. The predicted octanol–water partition coefficient (Wildman–Crippen LogP) is 1.41. The standard InChI is InChI=1S/C14H15FN2O3S/c1-14(10-18,11-6-3-2-4-7-11)17-21(19,20)13-12(15)8-5-9-16-13/h2-9,17-18H,10H2,1H3. The molecule has 0 amide bonds. The molecule has 1 heterocycles. The Bertz CT molecular complexity index is 722. The zero-order valence-corrected chi connectivity index (χ0v) is 12.1. The van der Waals surface area contributed by atoms with Crippen LogP contribution in [0.15, 0.2) is 53.7 Å². The van der Waals surface area contributed by atoms with E-state index in [9.17, 15) is 17.9 Å². The number of rotatable bonds is 5. The van der Waals surface area contributed by atoms with Crippen LogP contribution in [-0.2, 0) is 15.6 Å². The zero-order valence-electron chi connectivity index (χ0n) is 11.3. The smallest absolute Gasteiger partial charge is 0.261 e. The highest BCUT2D eigenvalue weighted by Crippen LogP contribution is 2.23. The molecular formula is C14H15FN2O3S. The Morgan fingerprint density at radius 1 is 1.24 bits per heavy atom. The van der Waals surface area contributed by atoms with Gasteiger partial charge in [-0.2, -0.15) is 4.72 Å². The topological polar surface area (TPSA) is 79.3 Å². The average Bonchev–Trinajstić information content (AvgIpc) is 2.48. The first-order valence-corrected chi connectivity index (χ1v) is 7.68. The summed E-state index contributed by atoms with van der Waals surface area (Å²) in [4.78, 5) is 3.55. The molecule has 21 heavy (non-hydrogen) atoms. The number of aromatic nitrogens is 1. The Kier molecular flexibility index (Phi) is 4.36. The number of hydrogen-bond acceptors (Lipinski definition) is 4. The first-order chi connectivity index (χ1) is 9.89. The van der Waals surface area contributed by atoms with Gasteiger partial charge in [0.05, 0.1) is 12.1 Å². The molecule has 0 aliphatic carbocycles. The summed E-state index contributed by atoms with van der Waals surface area (Å²) in [5, 5.41) is 8.88. The van der Waals surface area contributed by atoms with Gasteiger partial charge in [0.25, 0.3) is 10.0 Å². The van der Waals surface area contributed by atoms with Crippen LogP contribution in [0.5, 0.6) is 0 Å². The monoisotopic (exact) mass is 310 g/mol. The SMILES string of the molecule is CC(CO)(NS(=O)(=O)c1ncccc1F)c1ccccc1. The van der Waals surface area contributed by atoms with Gasteiger partial charge >= 0.3 is 0 Å². The van der Waals surface area contributed by atoms with E-state index in [1.165, 1.54) is 19.2 Å². The van der Waals surface area contributed by atoms with Gasteiger partial charge in [0.1, 0.15) is 0 Å². The molecule has 1 unspecified atom stereocenters. The Morgan fingerprint density at radius 3 is 2.48 bits per heavy atom. The van der Waals surface area contributed by atoms with Crippen LogP contribution in [-0.4, -0.2) is 25.1 Å². The van der Waals surface area contributed by atoms with Gasteiger partial charge in [-0.3, -0.25) is 0 Å². The number of nitrogens with zero attached hydrogens (tertiary/aromatic N) is 1. The van der Waals surface area contributed by atoms with Gasteiger partial charge in [-0.05, 0) is 24.6 Å². The summed E-state index contributed by atoms with van der Waals surface area (Å²) in [6, 6.07) is 10.9. The molecule has 0 radical (unpaired) electrons. The summed E-state index contributed by atoms with van der Waals surface area (Å²) < 4.78 is 40.5. The molecule has 112 valence electrons. The van der Waals surface area contributed by atoms with Gasteiger partial charge in [0.2, 0.25) is 5.03 Å². The fraction of sp³-hybridized carbons (Fsp3) is 0.214. The fourth-order valence-electron chi connectivity index (χ4n) is 1.90. The summed E-state index contributed by atoms with van der Waals surface area (Å²) in [6.07, 6.45) is 1.19. The normalized spacial score (nSPS) is 14.6. The van der Waals surface area contributed by atoms with E-state index in [0.29, 0.717) is 5.56 Å². The highest BCUT2D eigenvalue weighted by atomic mass is 32.2. The Balaban J connectivity index is 2.41. The zero-order chi connectivity index (χ0) is 15.5. The molecule has 7 heteroatoms. The maximum atomic E-state index is 13.6. The molecule has 2 aromatic rings. The van der Waals surface area contributed by atoms with Gasteiger partial charge in [-0.25, -0.2) is 17.8 Å². The lowest BCUT2D eigenvalue weighted by molar-refractivity contribution is 0.196. The molecule has 2 N–H and O–H groups in total. The van der Waals surface area contributed by atoms with E-state index in [1.54, 1.807) is 30.3 Å². The molecule has 0 aliphatic rings. The van der Waals surface area contributed by atoms with Crippen molar-refractivity contribution in [1.29, 1.82) is 0 Å². The van der Waals surface area contributed by atoms with Crippen molar-refractivity contribution in [2.24, 2.45) is 0 Å². The second kappa shape index (κ2) is 5.88. The van der Waals surface area contributed by atoms with Crippen LogP contribution in [0.2, 0.25) is 0 Å². The van der Waals surface area contributed by atoms with Crippen molar-refractivity contribution >= 4 is 10.0 Å². The molecule has 5 nitrogen and oxygen atoms in total. The second-order valence-corrected chi connectivity index (χ2v) is 6.35. The van der Waals surface area contributed by atoms with Crippen LogP contribution in [0.25, 0.3) is 0 Å². The van der Waals surface area contributed by atoms with E-state index in [1.807, 2.05) is 0 Å². The van der Waals surface area contributed by atoms with Crippen molar-refractivity contribution in [3.63, 3.8) is 0 Å².